The number of hydrogen-bond donors (Lipinski definition) is 4. The Morgan fingerprint density at radius 1 is 0.938 bits per heavy atom. The van der Waals surface area contributed by atoms with Gasteiger partial charge < -0.3 is 10.7 Å². The van der Waals surface area contributed by atoms with Crippen LogP contribution in [0, 0.1) is 11.8 Å². The van der Waals surface area contributed by atoms with E-state index in [0.717, 1.165) is 47.6 Å². The molecule has 0 saturated heterocycles. The van der Waals surface area contributed by atoms with E-state index < -0.39 is 10.0 Å². The first-order valence-corrected chi connectivity index (χ1v) is 12.9. The maximum atomic E-state index is 12.5. The number of benzene rings is 2. The van der Waals surface area contributed by atoms with Gasteiger partial charge in [0.1, 0.15) is 0 Å². The summed E-state index contributed by atoms with van der Waals surface area (Å²) in [4.78, 5) is 9.34. The molecule has 0 unspecified atom stereocenters. The zero-order valence-corrected chi connectivity index (χ0v) is 20.0. The molecule has 5 N–H and O–H groups in total. The fourth-order valence-electron chi connectivity index (χ4n) is 4.07. The van der Waals surface area contributed by atoms with Crippen LogP contribution in [0.15, 0.2) is 57.9 Å². The Morgan fingerprint density at radius 2 is 1.59 bits per heavy atom. The molecule has 0 bridgehead atoms. The summed E-state index contributed by atoms with van der Waals surface area (Å²) in [6.07, 6.45) is 4.05. The van der Waals surface area contributed by atoms with Crippen molar-refractivity contribution >= 4 is 48.6 Å². The number of hydrogen-bond acceptors (Lipinski definition) is 7. The largest absolute Gasteiger partial charge is 0.354 e. The molecule has 1 fully saturated rings. The zero-order chi connectivity index (χ0) is 22.6. The van der Waals surface area contributed by atoms with E-state index >= 15 is 0 Å². The Labute approximate surface area is 196 Å². The highest BCUT2D eigenvalue weighted by molar-refractivity contribution is 9.10. The van der Waals surface area contributed by atoms with Gasteiger partial charge in [-0.1, -0.05) is 28.1 Å². The molecule has 32 heavy (non-hydrogen) atoms. The highest BCUT2D eigenvalue weighted by atomic mass is 79.9. The molecular weight excluding hydrogens is 492 g/mol. The standard InChI is InChI=1S/C22H27BrN6O2S/c23-17-9-11-18(12-10-17)32(30,31)26-14-16-7-5-15(6-8-16)13-25-22-27-20-4-2-1-3-19(20)21(28-22)29-24/h1-4,9-12,15-16,26H,5-8,13-14,24H2,(H2,25,27,28,29). The van der Waals surface area contributed by atoms with Crippen molar-refractivity contribution in [1.29, 1.82) is 0 Å². The van der Waals surface area contributed by atoms with Crippen LogP contribution in [0.5, 0.6) is 0 Å². The summed E-state index contributed by atoms with van der Waals surface area (Å²) >= 11 is 3.33. The summed E-state index contributed by atoms with van der Waals surface area (Å²) < 4.78 is 28.6. The number of nitrogens with two attached hydrogens (primary N) is 1. The third kappa shape index (κ3) is 5.55. The molecule has 170 valence electrons. The lowest BCUT2D eigenvalue weighted by molar-refractivity contribution is 0.284. The first kappa shape index (κ1) is 22.9. The molecule has 1 saturated carbocycles. The number of fused-ring (bicyclic) bond motifs is 1. The van der Waals surface area contributed by atoms with Gasteiger partial charge >= 0.3 is 0 Å². The van der Waals surface area contributed by atoms with E-state index in [2.05, 4.69) is 41.4 Å². The van der Waals surface area contributed by atoms with Crippen molar-refractivity contribution < 1.29 is 8.42 Å². The van der Waals surface area contributed by atoms with Crippen LogP contribution in [0.25, 0.3) is 10.9 Å². The van der Waals surface area contributed by atoms with Crippen LogP contribution >= 0.6 is 15.9 Å². The van der Waals surface area contributed by atoms with Gasteiger partial charge in [0.2, 0.25) is 16.0 Å². The minimum Gasteiger partial charge on any atom is -0.354 e. The molecule has 1 aliphatic rings. The van der Waals surface area contributed by atoms with Gasteiger partial charge in [0, 0.05) is 22.9 Å². The molecule has 0 amide bonds. The van der Waals surface area contributed by atoms with Gasteiger partial charge in [-0.25, -0.2) is 24.0 Å². The van der Waals surface area contributed by atoms with Crippen LogP contribution in [0.4, 0.5) is 11.8 Å². The number of anilines is 2. The first-order chi connectivity index (χ1) is 15.4. The van der Waals surface area contributed by atoms with Crippen molar-refractivity contribution in [3.63, 3.8) is 0 Å². The molecule has 1 aromatic heterocycles. The average molecular weight is 519 g/mol. The summed E-state index contributed by atoms with van der Waals surface area (Å²) in [6.45, 7) is 1.25. The Bertz CT molecular complexity index is 1160. The van der Waals surface area contributed by atoms with Crippen LogP contribution < -0.4 is 21.3 Å². The second-order valence-corrected chi connectivity index (χ2v) is 10.8. The molecule has 0 atom stereocenters. The number of sulfonamides is 1. The van der Waals surface area contributed by atoms with Crippen LogP contribution in [-0.4, -0.2) is 31.5 Å². The molecule has 8 nitrogen and oxygen atoms in total. The number of nitrogens with zero attached hydrogens (tertiary/aromatic N) is 2. The van der Waals surface area contributed by atoms with Crippen molar-refractivity contribution in [1.82, 2.24) is 14.7 Å². The normalized spacial score (nSPS) is 19.1. The summed E-state index contributed by atoms with van der Waals surface area (Å²) in [5.41, 5.74) is 3.48. The van der Waals surface area contributed by atoms with Crippen LogP contribution in [0.1, 0.15) is 25.7 Å². The monoisotopic (exact) mass is 518 g/mol. The Hall–Kier alpha value is -2.27. The van der Waals surface area contributed by atoms with Gasteiger partial charge in [0.15, 0.2) is 5.82 Å². The number of halogens is 1. The molecule has 2 aromatic carbocycles. The summed E-state index contributed by atoms with van der Waals surface area (Å²) in [5, 5.41) is 4.23. The van der Waals surface area contributed by atoms with Crippen molar-refractivity contribution in [2.75, 3.05) is 23.8 Å². The van der Waals surface area contributed by atoms with E-state index in [4.69, 9.17) is 5.84 Å². The molecule has 4 rings (SSSR count). The predicted molar refractivity (Wildman–Crippen MR) is 131 cm³/mol. The predicted octanol–water partition coefficient (Wildman–Crippen LogP) is 3.87. The topological polar surface area (TPSA) is 122 Å². The van der Waals surface area contributed by atoms with Crippen molar-refractivity contribution in [3.8, 4) is 0 Å². The summed E-state index contributed by atoms with van der Waals surface area (Å²) in [5.74, 6) is 7.62. The van der Waals surface area contributed by atoms with Crippen molar-refractivity contribution in [2.45, 2.75) is 30.6 Å². The minimum atomic E-state index is -3.48. The first-order valence-electron chi connectivity index (χ1n) is 10.7. The third-order valence-corrected chi connectivity index (χ3v) is 7.91. The molecule has 0 spiro atoms. The molecule has 0 aliphatic heterocycles. The average Bonchev–Trinajstić information content (AvgIpc) is 2.82. The van der Waals surface area contributed by atoms with E-state index in [1.165, 1.54) is 0 Å². The van der Waals surface area contributed by atoms with Crippen molar-refractivity contribution in [3.05, 3.63) is 53.0 Å². The number of nitrogen functional groups attached to an aromatic ring is 1. The Balaban J connectivity index is 1.26. The SMILES string of the molecule is NNc1nc(NCC2CCC(CNS(=O)(=O)c3ccc(Br)cc3)CC2)nc2ccccc12. The van der Waals surface area contributed by atoms with Crippen molar-refractivity contribution in [2.24, 2.45) is 17.7 Å². The maximum Gasteiger partial charge on any atom is 0.240 e. The summed E-state index contributed by atoms with van der Waals surface area (Å²) in [7, 11) is -3.48. The highest BCUT2D eigenvalue weighted by Crippen LogP contribution is 2.29. The lowest BCUT2D eigenvalue weighted by atomic mass is 9.82. The fraction of sp³-hybridized carbons (Fsp3) is 0.364. The second kappa shape index (κ2) is 10.1. The van der Waals surface area contributed by atoms with Gasteiger partial charge in [-0.15, -0.1) is 0 Å². The zero-order valence-electron chi connectivity index (χ0n) is 17.6. The number of para-hydroxylation sites is 1. The quantitative estimate of drug-likeness (QED) is 0.263. The van der Waals surface area contributed by atoms with Gasteiger partial charge in [-0.3, -0.25) is 0 Å². The number of aromatic nitrogens is 2. The lowest BCUT2D eigenvalue weighted by Gasteiger charge is -2.28. The Kier molecular flexibility index (Phi) is 7.24. The summed E-state index contributed by atoms with van der Waals surface area (Å²) in [6, 6.07) is 14.4. The fourth-order valence-corrected chi connectivity index (χ4v) is 5.45. The van der Waals surface area contributed by atoms with Gasteiger partial charge in [0.05, 0.1) is 10.4 Å². The Morgan fingerprint density at radius 3 is 2.28 bits per heavy atom. The van der Waals surface area contributed by atoms with E-state index in [1.807, 2.05) is 24.3 Å². The van der Waals surface area contributed by atoms with E-state index in [0.29, 0.717) is 35.0 Å². The second-order valence-electron chi connectivity index (χ2n) is 8.13. The molecule has 3 aromatic rings. The molecule has 1 heterocycles. The van der Waals surface area contributed by atoms with Crippen LogP contribution in [-0.2, 0) is 10.0 Å². The molecular formula is C22H27BrN6O2S. The number of nitrogens with one attached hydrogen (secondary N) is 3. The smallest absolute Gasteiger partial charge is 0.240 e. The van der Waals surface area contributed by atoms with Gasteiger partial charge in [-0.05, 0) is 73.9 Å². The van der Waals surface area contributed by atoms with Gasteiger partial charge in [0.25, 0.3) is 0 Å². The van der Waals surface area contributed by atoms with E-state index in [1.54, 1.807) is 24.3 Å². The maximum absolute atomic E-state index is 12.5. The van der Waals surface area contributed by atoms with Crippen LogP contribution in [0.3, 0.4) is 0 Å². The minimum absolute atomic E-state index is 0.292. The van der Waals surface area contributed by atoms with E-state index in [-0.39, 0.29) is 0 Å². The molecule has 0 radical (unpaired) electrons. The third-order valence-electron chi connectivity index (χ3n) is 5.94. The lowest BCUT2D eigenvalue weighted by Crippen LogP contribution is -2.32. The van der Waals surface area contributed by atoms with Gasteiger partial charge in [-0.2, -0.15) is 4.98 Å². The van der Waals surface area contributed by atoms with E-state index in [9.17, 15) is 8.42 Å². The molecule has 1 aliphatic carbocycles. The molecule has 10 heteroatoms. The number of rotatable bonds is 8. The van der Waals surface area contributed by atoms with Crippen LogP contribution in [0.2, 0.25) is 0 Å². The highest BCUT2D eigenvalue weighted by Gasteiger charge is 2.23. The number of hydrazine groups is 1.